The van der Waals surface area contributed by atoms with Crippen molar-refractivity contribution < 1.29 is 9.32 Å². The van der Waals surface area contributed by atoms with E-state index in [4.69, 9.17) is 4.52 Å². The van der Waals surface area contributed by atoms with Crippen LogP contribution in [-0.4, -0.2) is 52.1 Å². The summed E-state index contributed by atoms with van der Waals surface area (Å²) in [4.78, 5) is 26.4. The van der Waals surface area contributed by atoms with Gasteiger partial charge in [0.15, 0.2) is 5.82 Å². The molecule has 1 amide bonds. The molecule has 3 heterocycles. The lowest BCUT2D eigenvalue weighted by Crippen LogP contribution is -2.35. The molecule has 1 aliphatic rings. The third-order valence-electron chi connectivity index (χ3n) is 5.53. The molecular formula is C24H29N5O2. The van der Waals surface area contributed by atoms with Gasteiger partial charge in [-0.05, 0) is 44.5 Å². The maximum atomic E-state index is 13.1. The first-order valence-electron chi connectivity index (χ1n) is 10.8. The number of rotatable bonds is 4. The molecule has 7 nitrogen and oxygen atoms in total. The van der Waals surface area contributed by atoms with E-state index in [0.29, 0.717) is 24.8 Å². The number of hydrogen-bond donors (Lipinski definition) is 0. The number of pyridine rings is 1. The molecule has 0 radical (unpaired) electrons. The SMILES string of the molecule is Cc1cc(C)cc(C(=O)N2CCCN(c3ncccc3-c3nc(C(C)C)no3)CC2)c1. The molecule has 0 spiro atoms. The van der Waals surface area contributed by atoms with Crippen molar-refractivity contribution >= 4 is 11.7 Å². The van der Waals surface area contributed by atoms with Crippen LogP contribution in [0.1, 0.15) is 53.5 Å². The second kappa shape index (κ2) is 8.88. The number of nitrogens with zero attached hydrogens (tertiary/aromatic N) is 5. The van der Waals surface area contributed by atoms with Crippen LogP contribution in [-0.2, 0) is 0 Å². The topological polar surface area (TPSA) is 75.4 Å². The largest absolute Gasteiger partial charge is 0.354 e. The molecule has 7 heteroatoms. The van der Waals surface area contributed by atoms with Crippen LogP contribution < -0.4 is 4.90 Å². The third-order valence-corrected chi connectivity index (χ3v) is 5.53. The molecule has 1 aliphatic heterocycles. The molecule has 3 aromatic rings. The number of aromatic nitrogens is 3. The Bertz CT molecular complexity index is 1060. The molecule has 0 atom stereocenters. The Balaban J connectivity index is 1.53. The molecule has 0 saturated carbocycles. The molecular weight excluding hydrogens is 390 g/mol. The average Bonchev–Trinajstić information content (AvgIpc) is 3.11. The highest BCUT2D eigenvalue weighted by Crippen LogP contribution is 2.29. The molecule has 0 bridgehead atoms. The Kier molecular flexibility index (Phi) is 6.02. The van der Waals surface area contributed by atoms with Gasteiger partial charge in [0.1, 0.15) is 5.82 Å². The minimum absolute atomic E-state index is 0.0911. The number of aryl methyl sites for hydroxylation is 2. The van der Waals surface area contributed by atoms with Gasteiger partial charge in [-0.25, -0.2) is 4.98 Å². The van der Waals surface area contributed by atoms with E-state index in [1.807, 2.05) is 56.9 Å². The number of benzene rings is 1. The van der Waals surface area contributed by atoms with E-state index >= 15 is 0 Å². The first kappa shape index (κ1) is 21.0. The van der Waals surface area contributed by atoms with Crippen molar-refractivity contribution in [2.75, 3.05) is 31.1 Å². The second-order valence-electron chi connectivity index (χ2n) is 8.50. The fraction of sp³-hybridized carbons (Fsp3) is 0.417. The van der Waals surface area contributed by atoms with E-state index < -0.39 is 0 Å². The number of amides is 1. The lowest BCUT2D eigenvalue weighted by atomic mass is 10.1. The lowest BCUT2D eigenvalue weighted by molar-refractivity contribution is 0.0767. The van der Waals surface area contributed by atoms with Gasteiger partial charge >= 0.3 is 0 Å². The third kappa shape index (κ3) is 4.60. The molecule has 1 saturated heterocycles. The maximum absolute atomic E-state index is 13.1. The van der Waals surface area contributed by atoms with Crippen molar-refractivity contribution in [1.82, 2.24) is 20.0 Å². The van der Waals surface area contributed by atoms with Gasteiger partial charge < -0.3 is 14.3 Å². The molecule has 1 fully saturated rings. The van der Waals surface area contributed by atoms with E-state index in [0.717, 1.165) is 47.6 Å². The highest BCUT2D eigenvalue weighted by atomic mass is 16.5. The van der Waals surface area contributed by atoms with Gasteiger partial charge in [0.05, 0.1) is 5.56 Å². The summed E-state index contributed by atoms with van der Waals surface area (Å²) >= 11 is 0. The molecule has 1 aromatic carbocycles. The summed E-state index contributed by atoms with van der Waals surface area (Å²) in [6, 6.07) is 9.87. The molecule has 31 heavy (non-hydrogen) atoms. The fourth-order valence-electron chi connectivity index (χ4n) is 4.01. The van der Waals surface area contributed by atoms with Crippen LogP contribution in [0.5, 0.6) is 0 Å². The molecule has 0 N–H and O–H groups in total. The summed E-state index contributed by atoms with van der Waals surface area (Å²) in [5.74, 6) is 2.28. The van der Waals surface area contributed by atoms with Crippen LogP contribution in [0, 0.1) is 13.8 Å². The van der Waals surface area contributed by atoms with Crippen LogP contribution in [0.2, 0.25) is 0 Å². The van der Waals surface area contributed by atoms with Gasteiger partial charge in [0.2, 0.25) is 0 Å². The minimum Gasteiger partial charge on any atom is -0.354 e. The van der Waals surface area contributed by atoms with E-state index in [2.05, 4.69) is 26.1 Å². The Labute approximate surface area is 183 Å². The van der Waals surface area contributed by atoms with Crippen molar-refractivity contribution in [1.29, 1.82) is 0 Å². The van der Waals surface area contributed by atoms with E-state index in [9.17, 15) is 4.79 Å². The van der Waals surface area contributed by atoms with Crippen LogP contribution in [0.25, 0.3) is 11.5 Å². The first-order valence-corrected chi connectivity index (χ1v) is 10.8. The van der Waals surface area contributed by atoms with Crippen molar-refractivity contribution in [3.63, 3.8) is 0 Å². The number of carbonyl (C=O) groups is 1. The first-order chi connectivity index (χ1) is 14.9. The normalized spacial score (nSPS) is 14.7. The Morgan fingerprint density at radius 3 is 2.55 bits per heavy atom. The Morgan fingerprint density at radius 1 is 1.06 bits per heavy atom. The molecule has 2 aromatic heterocycles. The maximum Gasteiger partial charge on any atom is 0.261 e. The fourth-order valence-corrected chi connectivity index (χ4v) is 4.01. The second-order valence-corrected chi connectivity index (χ2v) is 8.50. The van der Waals surface area contributed by atoms with Crippen LogP contribution in [0.4, 0.5) is 5.82 Å². The number of carbonyl (C=O) groups excluding carboxylic acids is 1. The molecule has 0 unspecified atom stereocenters. The smallest absolute Gasteiger partial charge is 0.261 e. The summed E-state index contributed by atoms with van der Waals surface area (Å²) in [6.45, 7) is 11.0. The summed E-state index contributed by atoms with van der Waals surface area (Å²) in [5, 5.41) is 4.09. The summed E-state index contributed by atoms with van der Waals surface area (Å²) < 4.78 is 5.52. The molecule has 162 valence electrons. The van der Waals surface area contributed by atoms with E-state index in [1.54, 1.807) is 6.20 Å². The van der Waals surface area contributed by atoms with Gasteiger partial charge in [-0.1, -0.05) is 36.2 Å². The lowest BCUT2D eigenvalue weighted by Gasteiger charge is -2.24. The van der Waals surface area contributed by atoms with Gasteiger partial charge in [-0.2, -0.15) is 4.98 Å². The summed E-state index contributed by atoms with van der Waals surface area (Å²) in [5.41, 5.74) is 3.81. The van der Waals surface area contributed by atoms with E-state index in [1.165, 1.54) is 0 Å². The van der Waals surface area contributed by atoms with Crippen molar-refractivity contribution in [3.8, 4) is 11.5 Å². The predicted molar refractivity (Wildman–Crippen MR) is 120 cm³/mol. The van der Waals surface area contributed by atoms with E-state index in [-0.39, 0.29) is 11.8 Å². The zero-order chi connectivity index (χ0) is 22.0. The Morgan fingerprint density at radius 2 is 1.84 bits per heavy atom. The zero-order valence-electron chi connectivity index (χ0n) is 18.6. The highest BCUT2D eigenvalue weighted by Gasteiger charge is 2.24. The number of anilines is 1. The van der Waals surface area contributed by atoms with Crippen LogP contribution in [0.15, 0.2) is 41.1 Å². The standard InChI is InChI=1S/C24H29N5O2/c1-16(2)21-26-23(31-27-21)20-7-5-8-25-22(20)28-9-6-10-29(12-11-28)24(30)19-14-17(3)13-18(4)15-19/h5,7-8,13-16H,6,9-12H2,1-4H3. The quantitative estimate of drug-likeness (QED) is 0.630. The predicted octanol–water partition coefficient (Wildman–Crippen LogP) is 4.22. The van der Waals surface area contributed by atoms with Crippen LogP contribution >= 0.6 is 0 Å². The minimum atomic E-state index is 0.0911. The van der Waals surface area contributed by atoms with Gasteiger partial charge in [0.25, 0.3) is 11.8 Å². The highest BCUT2D eigenvalue weighted by molar-refractivity contribution is 5.94. The van der Waals surface area contributed by atoms with Crippen molar-refractivity contribution in [2.24, 2.45) is 0 Å². The summed E-state index contributed by atoms with van der Waals surface area (Å²) in [7, 11) is 0. The number of hydrogen-bond acceptors (Lipinski definition) is 6. The van der Waals surface area contributed by atoms with Crippen LogP contribution in [0.3, 0.4) is 0 Å². The van der Waals surface area contributed by atoms with Crippen molar-refractivity contribution in [2.45, 2.75) is 40.0 Å². The van der Waals surface area contributed by atoms with Gasteiger partial charge in [-0.3, -0.25) is 4.79 Å². The Hall–Kier alpha value is -3.22. The molecule has 0 aliphatic carbocycles. The monoisotopic (exact) mass is 419 g/mol. The average molecular weight is 420 g/mol. The van der Waals surface area contributed by atoms with Gasteiger partial charge in [0, 0.05) is 43.9 Å². The van der Waals surface area contributed by atoms with Crippen molar-refractivity contribution in [3.05, 3.63) is 59.0 Å². The van der Waals surface area contributed by atoms with Gasteiger partial charge in [-0.15, -0.1) is 0 Å². The zero-order valence-corrected chi connectivity index (χ0v) is 18.6. The molecule has 4 rings (SSSR count). The summed E-state index contributed by atoms with van der Waals surface area (Å²) in [6.07, 6.45) is 2.65.